The lowest BCUT2D eigenvalue weighted by molar-refractivity contribution is 0.437. The van der Waals surface area contributed by atoms with Crippen LogP contribution in [0.3, 0.4) is 0 Å². The molecule has 1 aliphatic heterocycles. The molecule has 0 atom stereocenters. The van der Waals surface area contributed by atoms with Gasteiger partial charge in [-0.3, -0.25) is 9.78 Å². The van der Waals surface area contributed by atoms with Crippen LogP contribution in [0.1, 0.15) is 25.3 Å². The van der Waals surface area contributed by atoms with Crippen LogP contribution in [0.15, 0.2) is 41.7 Å². The van der Waals surface area contributed by atoms with Gasteiger partial charge in [0.05, 0.1) is 11.8 Å². The molecule has 1 saturated heterocycles. The number of nitrogens with one attached hydrogen (secondary N) is 2. The summed E-state index contributed by atoms with van der Waals surface area (Å²) in [6, 6.07) is 5.79. The molecule has 0 unspecified atom stereocenters. The van der Waals surface area contributed by atoms with Crippen LogP contribution < -0.4 is 15.8 Å². The van der Waals surface area contributed by atoms with Gasteiger partial charge in [-0.2, -0.15) is 0 Å². The zero-order valence-electron chi connectivity index (χ0n) is 14.8. The van der Waals surface area contributed by atoms with Crippen molar-refractivity contribution in [2.24, 2.45) is 5.92 Å². The highest BCUT2D eigenvalue weighted by atomic mass is 16.1. The van der Waals surface area contributed by atoms with E-state index in [-0.39, 0.29) is 5.56 Å². The highest BCUT2D eigenvalue weighted by molar-refractivity contribution is 5.90. The highest BCUT2D eigenvalue weighted by Gasteiger charge is 2.19. The summed E-state index contributed by atoms with van der Waals surface area (Å²) in [6.07, 6.45) is 7.29. The third kappa shape index (κ3) is 3.37. The van der Waals surface area contributed by atoms with Gasteiger partial charge in [0.25, 0.3) is 5.56 Å². The van der Waals surface area contributed by atoms with E-state index in [2.05, 4.69) is 32.1 Å². The first-order valence-electron chi connectivity index (χ1n) is 8.97. The Morgan fingerprint density at radius 3 is 2.96 bits per heavy atom. The number of aromatic nitrogens is 4. The van der Waals surface area contributed by atoms with Crippen LogP contribution in [0, 0.1) is 5.92 Å². The summed E-state index contributed by atoms with van der Waals surface area (Å²) in [7, 11) is 0. The van der Waals surface area contributed by atoms with Gasteiger partial charge in [0.15, 0.2) is 0 Å². The molecule has 0 aromatic carbocycles. The molecule has 1 aliphatic rings. The monoisotopic (exact) mass is 350 g/mol. The van der Waals surface area contributed by atoms with Crippen molar-refractivity contribution >= 4 is 22.5 Å². The van der Waals surface area contributed by atoms with Gasteiger partial charge in [-0.25, -0.2) is 9.97 Å². The molecule has 4 rings (SSSR count). The maximum absolute atomic E-state index is 12.3. The lowest BCUT2D eigenvalue weighted by Gasteiger charge is -2.31. The van der Waals surface area contributed by atoms with Gasteiger partial charge in [-0.1, -0.05) is 13.0 Å². The van der Waals surface area contributed by atoms with Crippen LogP contribution in [0.4, 0.5) is 11.6 Å². The molecule has 1 fully saturated rings. The number of nitrogens with zero attached hydrogens (tertiary/aromatic N) is 4. The summed E-state index contributed by atoms with van der Waals surface area (Å²) in [5.41, 5.74) is 1.50. The molecule has 7 heteroatoms. The van der Waals surface area contributed by atoms with Crippen molar-refractivity contribution < 1.29 is 0 Å². The topological polar surface area (TPSA) is 86.8 Å². The number of hydrogen-bond acceptors (Lipinski definition) is 6. The maximum Gasteiger partial charge on any atom is 0.262 e. The van der Waals surface area contributed by atoms with Crippen LogP contribution in [-0.2, 0) is 6.54 Å². The first-order valence-corrected chi connectivity index (χ1v) is 8.97. The fraction of sp³-hybridized carbons (Fsp3) is 0.368. The van der Waals surface area contributed by atoms with Gasteiger partial charge in [-0.05, 0) is 30.4 Å². The van der Waals surface area contributed by atoms with E-state index in [0.717, 1.165) is 43.2 Å². The van der Waals surface area contributed by atoms with Gasteiger partial charge < -0.3 is 15.2 Å². The Kier molecular flexibility index (Phi) is 4.51. The van der Waals surface area contributed by atoms with E-state index >= 15 is 0 Å². The summed E-state index contributed by atoms with van der Waals surface area (Å²) in [5.74, 6) is 2.18. The SMILES string of the molecule is CC1CCN(c2cc3nc[nH]c(=O)c3c(NCc3cccnc3)n2)CC1. The van der Waals surface area contributed by atoms with Crippen molar-refractivity contribution in [3.8, 4) is 0 Å². The second-order valence-corrected chi connectivity index (χ2v) is 6.84. The molecule has 0 saturated carbocycles. The van der Waals surface area contributed by atoms with E-state index in [1.807, 2.05) is 18.2 Å². The maximum atomic E-state index is 12.3. The van der Waals surface area contributed by atoms with Crippen LogP contribution in [0.2, 0.25) is 0 Å². The number of piperidine rings is 1. The van der Waals surface area contributed by atoms with Crippen LogP contribution in [-0.4, -0.2) is 33.0 Å². The molecule has 0 aliphatic carbocycles. The number of hydrogen-bond donors (Lipinski definition) is 2. The third-order valence-electron chi connectivity index (χ3n) is 4.90. The fourth-order valence-electron chi connectivity index (χ4n) is 3.29. The van der Waals surface area contributed by atoms with Crippen molar-refractivity contribution in [1.82, 2.24) is 19.9 Å². The third-order valence-corrected chi connectivity index (χ3v) is 4.90. The van der Waals surface area contributed by atoms with Gasteiger partial charge >= 0.3 is 0 Å². The van der Waals surface area contributed by atoms with Crippen LogP contribution in [0.25, 0.3) is 10.9 Å². The van der Waals surface area contributed by atoms with E-state index in [9.17, 15) is 4.79 Å². The normalized spacial score (nSPS) is 15.3. The molecule has 3 aromatic rings. The molecule has 26 heavy (non-hydrogen) atoms. The zero-order valence-corrected chi connectivity index (χ0v) is 14.8. The lowest BCUT2D eigenvalue weighted by Crippen LogP contribution is -2.33. The summed E-state index contributed by atoms with van der Waals surface area (Å²) < 4.78 is 0. The molecule has 134 valence electrons. The zero-order chi connectivity index (χ0) is 17.9. The Hall–Kier alpha value is -2.96. The minimum Gasteiger partial charge on any atom is -0.365 e. The summed E-state index contributed by atoms with van der Waals surface area (Å²) >= 11 is 0. The first-order chi connectivity index (χ1) is 12.7. The molecule has 2 N–H and O–H groups in total. The Bertz CT molecular complexity index is 947. The van der Waals surface area contributed by atoms with Crippen molar-refractivity contribution in [2.45, 2.75) is 26.3 Å². The summed E-state index contributed by atoms with van der Waals surface area (Å²) in [4.78, 5) is 30.5. The Balaban J connectivity index is 1.70. The summed E-state index contributed by atoms with van der Waals surface area (Å²) in [5, 5.41) is 3.79. The van der Waals surface area contributed by atoms with Crippen LogP contribution in [0.5, 0.6) is 0 Å². The minimum absolute atomic E-state index is 0.185. The van der Waals surface area contributed by atoms with E-state index in [1.165, 1.54) is 6.33 Å². The van der Waals surface area contributed by atoms with Gasteiger partial charge in [0, 0.05) is 38.1 Å². The number of aromatic amines is 1. The van der Waals surface area contributed by atoms with E-state index in [1.54, 1.807) is 12.4 Å². The van der Waals surface area contributed by atoms with Crippen molar-refractivity contribution in [2.75, 3.05) is 23.3 Å². The Morgan fingerprint density at radius 1 is 1.35 bits per heavy atom. The molecule has 0 amide bonds. The number of H-pyrrole nitrogens is 1. The standard InChI is InChI=1S/C19H22N6O/c1-13-4-7-25(8-5-13)16-9-15-17(19(26)23-12-22-15)18(24-16)21-11-14-3-2-6-20-10-14/h2-3,6,9-10,12-13H,4-5,7-8,11H2,1H3,(H,21,24)(H,22,23,26). The molecule has 4 heterocycles. The second-order valence-electron chi connectivity index (χ2n) is 6.84. The van der Waals surface area contributed by atoms with Crippen molar-refractivity contribution in [1.29, 1.82) is 0 Å². The average molecular weight is 350 g/mol. The molecule has 0 spiro atoms. The Morgan fingerprint density at radius 2 is 2.19 bits per heavy atom. The van der Waals surface area contributed by atoms with Gasteiger partial charge in [0.2, 0.25) is 0 Å². The average Bonchev–Trinajstić information content (AvgIpc) is 2.67. The van der Waals surface area contributed by atoms with Crippen LogP contribution >= 0.6 is 0 Å². The molecule has 3 aromatic heterocycles. The molecule has 0 bridgehead atoms. The predicted molar refractivity (Wildman–Crippen MR) is 102 cm³/mol. The van der Waals surface area contributed by atoms with Gasteiger partial charge in [0.1, 0.15) is 17.0 Å². The number of rotatable bonds is 4. The molecular weight excluding hydrogens is 328 g/mol. The fourth-order valence-corrected chi connectivity index (χ4v) is 3.29. The van der Waals surface area contributed by atoms with E-state index in [4.69, 9.17) is 4.98 Å². The van der Waals surface area contributed by atoms with Crippen molar-refractivity contribution in [3.05, 3.63) is 52.8 Å². The van der Waals surface area contributed by atoms with E-state index in [0.29, 0.717) is 23.3 Å². The smallest absolute Gasteiger partial charge is 0.262 e. The largest absolute Gasteiger partial charge is 0.365 e. The van der Waals surface area contributed by atoms with E-state index < -0.39 is 0 Å². The Labute approximate surface area is 151 Å². The predicted octanol–water partition coefficient (Wildman–Crippen LogP) is 2.56. The highest BCUT2D eigenvalue weighted by Crippen LogP contribution is 2.26. The minimum atomic E-state index is -0.185. The molecule has 0 radical (unpaired) electrons. The number of fused-ring (bicyclic) bond motifs is 1. The first kappa shape index (κ1) is 16.5. The van der Waals surface area contributed by atoms with Gasteiger partial charge in [-0.15, -0.1) is 0 Å². The second kappa shape index (κ2) is 7.11. The summed E-state index contributed by atoms with van der Waals surface area (Å²) in [6.45, 7) is 4.79. The quantitative estimate of drug-likeness (QED) is 0.752. The number of pyridine rings is 2. The van der Waals surface area contributed by atoms with Crippen molar-refractivity contribution in [3.63, 3.8) is 0 Å². The molecule has 7 nitrogen and oxygen atoms in total. The molecular formula is C19H22N6O. The number of anilines is 2. The lowest BCUT2D eigenvalue weighted by atomic mass is 9.99.